The normalized spacial score (nSPS) is 24.4. The van der Waals surface area contributed by atoms with Gasteiger partial charge in [0.25, 0.3) is 0 Å². The van der Waals surface area contributed by atoms with Gasteiger partial charge in [0, 0.05) is 23.8 Å². The van der Waals surface area contributed by atoms with Gasteiger partial charge in [0.2, 0.25) is 0 Å². The second-order valence-electron chi connectivity index (χ2n) is 5.91. The third kappa shape index (κ3) is 2.76. The van der Waals surface area contributed by atoms with E-state index in [1.165, 1.54) is 57.2 Å². The molecule has 1 saturated carbocycles. The highest BCUT2D eigenvalue weighted by Gasteiger charge is 2.28. The van der Waals surface area contributed by atoms with Gasteiger partial charge in [-0.05, 0) is 57.7 Å². The fourth-order valence-electron chi connectivity index (χ4n) is 3.29. The van der Waals surface area contributed by atoms with Crippen molar-refractivity contribution in [1.29, 1.82) is 0 Å². The summed E-state index contributed by atoms with van der Waals surface area (Å²) in [5.41, 5.74) is 1.42. The standard InChI is InChI=1S/C16H25N3/c1-2-11-19-12-5-9-15(19)14-8-4-10-17-16(14)18-13-6-3-7-13/h4,8,10,13,15H,2-3,5-7,9,11-12H2,1H3,(H,17,18)/t15-/m0/s1. The predicted molar refractivity (Wildman–Crippen MR) is 79.3 cm³/mol. The zero-order valence-electron chi connectivity index (χ0n) is 11.9. The van der Waals surface area contributed by atoms with Crippen molar-refractivity contribution in [3.05, 3.63) is 23.9 Å². The van der Waals surface area contributed by atoms with E-state index in [2.05, 4.69) is 34.3 Å². The third-order valence-electron chi connectivity index (χ3n) is 4.52. The third-order valence-corrected chi connectivity index (χ3v) is 4.52. The molecule has 1 aliphatic carbocycles. The molecule has 3 heteroatoms. The largest absolute Gasteiger partial charge is 0.367 e. The molecule has 1 N–H and O–H groups in total. The average molecular weight is 259 g/mol. The first-order valence-electron chi connectivity index (χ1n) is 7.84. The molecule has 0 radical (unpaired) electrons. The van der Waals surface area contributed by atoms with Gasteiger partial charge in [-0.2, -0.15) is 0 Å². The van der Waals surface area contributed by atoms with Crippen LogP contribution in [-0.4, -0.2) is 29.0 Å². The Hall–Kier alpha value is -1.09. The summed E-state index contributed by atoms with van der Waals surface area (Å²) >= 11 is 0. The first-order chi connectivity index (χ1) is 9.38. The number of nitrogens with one attached hydrogen (secondary N) is 1. The van der Waals surface area contributed by atoms with Crippen molar-refractivity contribution in [2.45, 2.75) is 57.5 Å². The van der Waals surface area contributed by atoms with Crippen LogP contribution in [0.4, 0.5) is 5.82 Å². The monoisotopic (exact) mass is 259 g/mol. The van der Waals surface area contributed by atoms with Gasteiger partial charge in [-0.3, -0.25) is 4.90 Å². The van der Waals surface area contributed by atoms with Gasteiger partial charge in [0.15, 0.2) is 0 Å². The number of aromatic nitrogens is 1. The molecule has 1 aromatic rings. The molecule has 0 spiro atoms. The fraction of sp³-hybridized carbons (Fsp3) is 0.688. The van der Waals surface area contributed by atoms with Crippen LogP contribution in [0.3, 0.4) is 0 Å². The molecule has 0 aromatic carbocycles. The molecular formula is C16H25N3. The van der Waals surface area contributed by atoms with E-state index in [4.69, 9.17) is 0 Å². The summed E-state index contributed by atoms with van der Waals surface area (Å²) in [6.07, 6.45) is 9.74. The maximum atomic E-state index is 4.60. The molecule has 1 atom stereocenters. The van der Waals surface area contributed by atoms with Crippen LogP contribution >= 0.6 is 0 Å². The van der Waals surface area contributed by atoms with Crippen molar-refractivity contribution in [3.8, 4) is 0 Å². The van der Waals surface area contributed by atoms with E-state index in [1.807, 2.05) is 6.20 Å². The highest BCUT2D eigenvalue weighted by Crippen LogP contribution is 2.36. The summed E-state index contributed by atoms with van der Waals surface area (Å²) in [4.78, 5) is 7.23. The van der Waals surface area contributed by atoms with E-state index in [0.29, 0.717) is 12.1 Å². The zero-order valence-corrected chi connectivity index (χ0v) is 11.9. The van der Waals surface area contributed by atoms with Crippen LogP contribution in [-0.2, 0) is 0 Å². The Labute approximate surface area is 116 Å². The number of rotatable bonds is 5. The van der Waals surface area contributed by atoms with Gasteiger partial charge in [-0.1, -0.05) is 13.0 Å². The summed E-state index contributed by atoms with van der Waals surface area (Å²) in [6.45, 7) is 4.73. The Morgan fingerprint density at radius 1 is 1.32 bits per heavy atom. The van der Waals surface area contributed by atoms with Crippen molar-refractivity contribution >= 4 is 5.82 Å². The van der Waals surface area contributed by atoms with E-state index in [1.54, 1.807) is 0 Å². The van der Waals surface area contributed by atoms with E-state index >= 15 is 0 Å². The molecule has 2 aliphatic rings. The summed E-state index contributed by atoms with van der Waals surface area (Å²) < 4.78 is 0. The Morgan fingerprint density at radius 2 is 2.21 bits per heavy atom. The topological polar surface area (TPSA) is 28.2 Å². The minimum Gasteiger partial charge on any atom is -0.367 e. The lowest BCUT2D eigenvalue weighted by molar-refractivity contribution is 0.258. The van der Waals surface area contributed by atoms with Gasteiger partial charge in [-0.25, -0.2) is 4.98 Å². The molecule has 0 amide bonds. The van der Waals surface area contributed by atoms with Crippen LogP contribution in [0.2, 0.25) is 0 Å². The first kappa shape index (κ1) is 12.9. The Bertz CT molecular complexity index is 414. The van der Waals surface area contributed by atoms with Crippen LogP contribution < -0.4 is 5.32 Å². The maximum absolute atomic E-state index is 4.60. The minimum atomic E-state index is 0.580. The Balaban J connectivity index is 1.78. The maximum Gasteiger partial charge on any atom is 0.130 e. The molecule has 1 aliphatic heterocycles. The molecule has 1 saturated heterocycles. The number of anilines is 1. The quantitative estimate of drug-likeness (QED) is 0.876. The lowest BCUT2D eigenvalue weighted by Crippen LogP contribution is -2.30. The van der Waals surface area contributed by atoms with E-state index in [-0.39, 0.29) is 0 Å². The van der Waals surface area contributed by atoms with Crippen molar-refractivity contribution in [3.63, 3.8) is 0 Å². The van der Waals surface area contributed by atoms with Crippen molar-refractivity contribution in [1.82, 2.24) is 9.88 Å². The molecule has 1 aromatic heterocycles. The van der Waals surface area contributed by atoms with Gasteiger partial charge in [0.1, 0.15) is 5.82 Å². The van der Waals surface area contributed by atoms with Gasteiger partial charge < -0.3 is 5.32 Å². The van der Waals surface area contributed by atoms with Crippen molar-refractivity contribution in [2.24, 2.45) is 0 Å². The summed E-state index contributed by atoms with van der Waals surface area (Å²) in [5, 5.41) is 3.65. The summed E-state index contributed by atoms with van der Waals surface area (Å²) in [5.74, 6) is 1.14. The van der Waals surface area contributed by atoms with Gasteiger partial charge in [-0.15, -0.1) is 0 Å². The average Bonchev–Trinajstić information content (AvgIpc) is 2.83. The lowest BCUT2D eigenvalue weighted by Gasteiger charge is -2.30. The van der Waals surface area contributed by atoms with Crippen LogP contribution in [0.1, 0.15) is 57.1 Å². The number of hydrogen-bond donors (Lipinski definition) is 1. The van der Waals surface area contributed by atoms with E-state index < -0.39 is 0 Å². The van der Waals surface area contributed by atoms with E-state index in [0.717, 1.165) is 5.82 Å². The summed E-state index contributed by atoms with van der Waals surface area (Å²) in [6, 6.07) is 5.60. The van der Waals surface area contributed by atoms with Crippen molar-refractivity contribution in [2.75, 3.05) is 18.4 Å². The Kier molecular flexibility index (Phi) is 4.02. The zero-order chi connectivity index (χ0) is 13.1. The highest BCUT2D eigenvalue weighted by atomic mass is 15.2. The van der Waals surface area contributed by atoms with Crippen LogP contribution in [0.5, 0.6) is 0 Å². The SMILES string of the molecule is CCCN1CCC[C@H]1c1cccnc1NC1CCC1. The first-order valence-corrected chi connectivity index (χ1v) is 7.84. The highest BCUT2D eigenvalue weighted by molar-refractivity contribution is 5.47. The van der Waals surface area contributed by atoms with Gasteiger partial charge >= 0.3 is 0 Å². The van der Waals surface area contributed by atoms with E-state index in [9.17, 15) is 0 Å². The number of pyridine rings is 1. The molecule has 2 fully saturated rings. The predicted octanol–water partition coefficient (Wildman–Crippen LogP) is 3.59. The number of hydrogen-bond acceptors (Lipinski definition) is 3. The molecule has 3 rings (SSSR count). The van der Waals surface area contributed by atoms with Gasteiger partial charge in [0.05, 0.1) is 0 Å². The number of likely N-dealkylation sites (tertiary alicyclic amines) is 1. The fourth-order valence-corrected chi connectivity index (χ4v) is 3.29. The summed E-state index contributed by atoms with van der Waals surface area (Å²) in [7, 11) is 0. The molecular weight excluding hydrogens is 234 g/mol. The lowest BCUT2D eigenvalue weighted by atomic mass is 9.92. The minimum absolute atomic E-state index is 0.580. The second-order valence-corrected chi connectivity index (χ2v) is 5.91. The number of nitrogens with zero attached hydrogens (tertiary/aromatic N) is 2. The van der Waals surface area contributed by atoms with Crippen LogP contribution in [0, 0.1) is 0 Å². The Morgan fingerprint density at radius 3 is 2.95 bits per heavy atom. The molecule has 19 heavy (non-hydrogen) atoms. The molecule has 0 unspecified atom stereocenters. The van der Waals surface area contributed by atoms with Crippen LogP contribution in [0.15, 0.2) is 18.3 Å². The molecule has 104 valence electrons. The van der Waals surface area contributed by atoms with Crippen LogP contribution in [0.25, 0.3) is 0 Å². The second kappa shape index (κ2) is 5.91. The molecule has 3 nitrogen and oxygen atoms in total. The smallest absolute Gasteiger partial charge is 0.130 e. The molecule has 0 bridgehead atoms. The van der Waals surface area contributed by atoms with Crippen molar-refractivity contribution < 1.29 is 0 Å². The molecule has 2 heterocycles.